The summed E-state index contributed by atoms with van der Waals surface area (Å²) in [6, 6.07) is 11.9. The van der Waals surface area contributed by atoms with Crippen molar-refractivity contribution in [1.82, 2.24) is 4.90 Å². The molecule has 0 bridgehead atoms. The maximum Gasteiger partial charge on any atom is 0.257 e. The fourth-order valence-corrected chi connectivity index (χ4v) is 3.55. The number of halogens is 1. The van der Waals surface area contributed by atoms with Gasteiger partial charge in [0, 0.05) is 29.0 Å². The Hall–Kier alpha value is -2.34. The first kappa shape index (κ1) is 18.5. The van der Waals surface area contributed by atoms with Gasteiger partial charge in [-0.25, -0.2) is 0 Å². The second kappa shape index (κ2) is 7.91. The molecule has 0 saturated carbocycles. The molecule has 1 fully saturated rings. The Labute approximate surface area is 160 Å². The molecule has 2 aromatic rings. The number of piperidine rings is 1. The van der Waals surface area contributed by atoms with Gasteiger partial charge < -0.3 is 14.7 Å². The quantitative estimate of drug-likeness (QED) is 0.765. The highest BCUT2D eigenvalue weighted by Crippen LogP contribution is 2.27. The Bertz CT molecular complexity index is 811. The van der Waals surface area contributed by atoms with E-state index in [-0.39, 0.29) is 28.9 Å². The second-order valence-electron chi connectivity index (χ2n) is 6.32. The molecule has 26 heavy (non-hydrogen) atoms. The van der Waals surface area contributed by atoms with E-state index in [1.807, 2.05) is 0 Å². The summed E-state index contributed by atoms with van der Waals surface area (Å²) in [5, 5.41) is 9.93. The van der Waals surface area contributed by atoms with Gasteiger partial charge in [0.25, 0.3) is 5.91 Å². The van der Waals surface area contributed by atoms with Gasteiger partial charge in [-0.3, -0.25) is 9.59 Å². The highest BCUT2D eigenvalue weighted by Gasteiger charge is 2.29. The number of likely N-dealkylation sites (tertiary alicyclic amines) is 1. The summed E-state index contributed by atoms with van der Waals surface area (Å²) in [6.45, 7) is 0.995. The lowest BCUT2D eigenvalue weighted by Crippen LogP contribution is -2.40. The zero-order chi connectivity index (χ0) is 18.7. The molecule has 2 aromatic carbocycles. The van der Waals surface area contributed by atoms with Gasteiger partial charge in [-0.2, -0.15) is 0 Å². The fourth-order valence-electron chi connectivity index (χ4n) is 3.19. The maximum absolute atomic E-state index is 12.7. The minimum atomic E-state index is -0.209. The topological polar surface area (TPSA) is 66.8 Å². The van der Waals surface area contributed by atoms with Crippen molar-refractivity contribution in [2.75, 3.05) is 20.2 Å². The van der Waals surface area contributed by atoms with Gasteiger partial charge >= 0.3 is 0 Å². The van der Waals surface area contributed by atoms with Crippen LogP contribution in [0.15, 0.2) is 46.9 Å². The number of rotatable bonds is 4. The SMILES string of the molecule is COc1ccc(C(=O)C2CCN(C(=O)c3cc(Br)ccc3O)CC2)cc1. The summed E-state index contributed by atoms with van der Waals surface area (Å²) < 4.78 is 5.85. The highest BCUT2D eigenvalue weighted by atomic mass is 79.9. The number of ether oxygens (including phenoxy) is 1. The number of phenols is 1. The first-order valence-electron chi connectivity index (χ1n) is 8.45. The minimum Gasteiger partial charge on any atom is -0.507 e. The van der Waals surface area contributed by atoms with Gasteiger partial charge in [0.15, 0.2) is 5.78 Å². The van der Waals surface area contributed by atoms with Crippen LogP contribution in [0.3, 0.4) is 0 Å². The monoisotopic (exact) mass is 417 g/mol. The normalized spacial score (nSPS) is 14.9. The number of methoxy groups -OCH3 is 1. The summed E-state index contributed by atoms with van der Waals surface area (Å²) in [6.07, 6.45) is 1.23. The Morgan fingerprint density at radius 1 is 1.12 bits per heavy atom. The van der Waals surface area contributed by atoms with E-state index in [1.54, 1.807) is 48.4 Å². The predicted octanol–water partition coefficient (Wildman–Crippen LogP) is 3.90. The molecule has 1 heterocycles. The molecule has 1 aliphatic heterocycles. The fraction of sp³-hybridized carbons (Fsp3) is 0.300. The van der Waals surface area contributed by atoms with Crippen molar-refractivity contribution < 1.29 is 19.4 Å². The molecule has 0 atom stereocenters. The van der Waals surface area contributed by atoms with Crippen LogP contribution in [0.5, 0.6) is 11.5 Å². The largest absolute Gasteiger partial charge is 0.507 e. The van der Waals surface area contributed by atoms with Gasteiger partial charge in [-0.1, -0.05) is 15.9 Å². The van der Waals surface area contributed by atoms with Crippen molar-refractivity contribution in [3.8, 4) is 11.5 Å². The number of phenolic OH excluding ortho intramolecular Hbond substituents is 1. The van der Waals surface area contributed by atoms with Crippen molar-refractivity contribution >= 4 is 27.6 Å². The van der Waals surface area contributed by atoms with Crippen molar-refractivity contribution in [1.29, 1.82) is 0 Å². The van der Waals surface area contributed by atoms with E-state index in [4.69, 9.17) is 4.74 Å². The number of hydrogen-bond acceptors (Lipinski definition) is 4. The Balaban J connectivity index is 1.64. The number of nitrogens with zero attached hydrogens (tertiary/aromatic N) is 1. The van der Waals surface area contributed by atoms with Crippen molar-refractivity contribution in [2.45, 2.75) is 12.8 Å². The second-order valence-corrected chi connectivity index (χ2v) is 7.24. The van der Waals surface area contributed by atoms with E-state index >= 15 is 0 Å². The number of ketones is 1. The van der Waals surface area contributed by atoms with Crippen LogP contribution in [-0.2, 0) is 0 Å². The van der Waals surface area contributed by atoms with E-state index in [0.29, 0.717) is 31.5 Å². The van der Waals surface area contributed by atoms with Gasteiger partial charge in [0.05, 0.1) is 12.7 Å². The van der Waals surface area contributed by atoms with Crippen LogP contribution in [0.1, 0.15) is 33.6 Å². The third-order valence-corrected chi connectivity index (χ3v) is 5.21. The number of carbonyl (C=O) groups is 2. The van der Waals surface area contributed by atoms with Crippen LogP contribution in [-0.4, -0.2) is 41.9 Å². The number of Topliss-reactive ketones (excluding diaryl/α,β-unsaturated/α-hetero) is 1. The van der Waals surface area contributed by atoms with Crippen LogP contribution in [0.2, 0.25) is 0 Å². The van der Waals surface area contributed by atoms with Crippen molar-refractivity contribution in [3.05, 3.63) is 58.1 Å². The van der Waals surface area contributed by atoms with Crippen molar-refractivity contribution in [3.63, 3.8) is 0 Å². The molecular weight excluding hydrogens is 398 g/mol. The number of benzene rings is 2. The zero-order valence-electron chi connectivity index (χ0n) is 14.4. The van der Waals surface area contributed by atoms with Crippen molar-refractivity contribution in [2.24, 2.45) is 5.92 Å². The van der Waals surface area contributed by atoms with Crippen LogP contribution < -0.4 is 4.74 Å². The van der Waals surface area contributed by atoms with E-state index in [1.165, 1.54) is 6.07 Å². The predicted molar refractivity (Wildman–Crippen MR) is 102 cm³/mol. The van der Waals surface area contributed by atoms with E-state index < -0.39 is 0 Å². The summed E-state index contributed by atoms with van der Waals surface area (Å²) in [5.41, 5.74) is 0.944. The average molecular weight is 418 g/mol. The third-order valence-electron chi connectivity index (χ3n) is 4.72. The first-order chi connectivity index (χ1) is 12.5. The molecule has 0 spiro atoms. The molecule has 1 amide bonds. The molecule has 3 rings (SSSR count). The van der Waals surface area contributed by atoms with Gasteiger partial charge in [-0.05, 0) is 55.3 Å². The molecular formula is C20H20BrNO4. The first-order valence-corrected chi connectivity index (χ1v) is 9.25. The lowest BCUT2D eigenvalue weighted by atomic mass is 9.88. The smallest absolute Gasteiger partial charge is 0.257 e. The lowest BCUT2D eigenvalue weighted by molar-refractivity contribution is 0.0647. The lowest BCUT2D eigenvalue weighted by Gasteiger charge is -2.31. The van der Waals surface area contributed by atoms with Crippen LogP contribution in [0.25, 0.3) is 0 Å². The Morgan fingerprint density at radius 3 is 2.38 bits per heavy atom. The zero-order valence-corrected chi connectivity index (χ0v) is 16.0. The number of amides is 1. The van der Waals surface area contributed by atoms with E-state index in [0.717, 1.165) is 10.2 Å². The molecule has 5 nitrogen and oxygen atoms in total. The summed E-state index contributed by atoms with van der Waals surface area (Å²) in [7, 11) is 1.59. The highest BCUT2D eigenvalue weighted by molar-refractivity contribution is 9.10. The van der Waals surface area contributed by atoms with Gasteiger partial charge in [-0.15, -0.1) is 0 Å². The average Bonchev–Trinajstić information content (AvgIpc) is 2.69. The third kappa shape index (κ3) is 3.90. The summed E-state index contributed by atoms with van der Waals surface area (Å²) in [4.78, 5) is 27.0. The number of carbonyl (C=O) groups excluding carboxylic acids is 2. The van der Waals surface area contributed by atoms with E-state index in [9.17, 15) is 14.7 Å². The maximum atomic E-state index is 12.7. The molecule has 1 aliphatic rings. The molecule has 136 valence electrons. The van der Waals surface area contributed by atoms with Gasteiger partial charge in [0.1, 0.15) is 11.5 Å². The molecule has 1 saturated heterocycles. The standard InChI is InChI=1S/C20H20BrNO4/c1-26-16-5-2-13(3-6-16)19(24)14-8-10-22(11-9-14)20(25)17-12-15(21)4-7-18(17)23/h2-7,12,14,23H,8-11H2,1H3. The van der Waals surface area contributed by atoms with E-state index in [2.05, 4.69) is 15.9 Å². The summed E-state index contributed by atoms with van der Waals surface area (Å²) >= 11 is 3.32. The molecule has 0 aliphatic carbocycles. The van der Waals surface area contributed by atoms with Crippen LogP contribution in [0, 0.1) is 5.92 Å². The minimum absolute atomic E-state index is 0.0327. The van der Waals surface area contributed by atoms with Crippen LogP contribution >= 0.6 is 15.9 Å². The van der Waals surface area contributed by atoms with Crippen LogP contribution in [0.4, 0.5) is 0 Å². The molecule has 6 heteroatoms. The molecule has 1 N–H and O–H groups in total. The molecule has 0 radical (unpaired) electrons. The Kier molecular flexibility index (Phi) is 5.61. The number of hydrogen-bond donors (Lipinski definition) is 1. The number of aromatic hydroxyl groups is 1. The Morgan fingerprint density at radius 2 is 1.77 bits per heavy atom. The summed E-state index contributed by atoms with van der Waals surface area (Å²) in [5.74, 6) is 0.484. The molecule has 0 aromatic heterocycles. The molecule has 0 unspecified atom stereocenters. The van der Waals surface area contributed by atoms with Gasteiger partial charge in [0.2, 0.25) is 0 Å².